The molecule has 0 fully saturated rings. The molecule has 0 atom stereocenters. The number of nitrogens with two attached hydrogens (primary N) is 1. The van der Waals surface area contributed by atoms with Crippen LogP contribution in [0.15, 0.2) is 97.1 Å². The lowest BCUT2D eigenvalue weighted by atomic mass is 9.67. The third-order valence-electron chi connectivity index (χ3n) is 5.78. The van der Waals surface area contributed by atoms with Crippen LogP contribution in [-0.4, -0.2) is 0 Å². The molecule has 1 aliphatic carbocycles. The van der Waals surface area contributed by atoms with Crippen LogP contribution < -0.4 is 5.73 Å². The van der Waals surface area contributed by atoms with Gasteiger partial charge in [0.15, 0.2) is 0 Å². The Bertz CT molecular complexity index is 1030. The van der Waals surface area contributed by atoms with Gasteiger partial charge in [0.1, 0.15) is 0 Å². The Labute approximate surface area is 215 Å². The highest BCUT2D eigenvalue weighted by atomic mass is 14.5. The molecule has 0 aliphatic heterocycles. The Kier molecular flexibility index (Phi) is 12.6. The van der Waals surface area contributed by atoms with Gasteiger partial charge in [-0.25, -0.2) is 0 Å². The number of hydrogen-bond acceptors (Lipinski definition) is 1. The smallest absolute Gasteiger partial charge is 0.0713 e. The molecule has 0 amide bonds. The number of aryl methyl sites for hydroxylation is 1. The van der Waals surface area contributed by atoms with E-state index in [1.165, 1.54) is 38.9 Å². The van der Waals surface area contributed by atoms with Crippen LogP contribution in [-0.2, 0) is 5.41 Å². The van der Waals surface area contributed by atoms with Crippen LogP contribution in [0.1, 0.15) is 83.2 Å². The van der Waals surface area contributed by atoms with Gasteiger partial charge >= 0.3 is 0 Å². The Morgan fingerprint density at radius 3 is 1.20 bits per heavy atom. The van der Waals surface area contributed by atoms with Crippen molar-refractivity contribution in [3.63, 3.8) is 0 Å². The van der Waals surface area contributed by atoms with Crippen LogP contribution in [0, 0.1) is 6.92 Å². The van der Waals surface area contributed by atoms with Crippen LogP contribution in [0.3, 0.4) is 0 Å². The van der Waals surface area contributed by atoms with Gasteiger partial charge < -0.3 is 5.73 Å². The zero-order valence-electron chi connectivity index (χ0n) is 23.3. The van der Waals surface area contributed by atoms with E-state index in [9.17, 15) is 0 Å². The Morgan fingerprint density at radius 2 is 0.800 bits per heavy atom. The van der Waals surface area contributed by atoms with Crippen molar-refractivity contribution < 1.29 is 0 Å². The van der Waals surface area contributed by atoms with Gasteiger partial charge in [-0.1, -0.05) is 146 Å². The molecule has 4 aromatic rings. The molecule has 1 nitrogen and oxygen atoms in total. The van der Waals surface area contributed by atoms with Crippen molar-refractivity contribution in [3.8, 4) is 11.1 Å². The first kappa shape index (κ1) is 29.7. The number of benzene rings is 4. The monoisotopic (exact) mass is 467 g/mol. The van der Waals surface area contributed by atoms with Crippen LogP contribution in [0.5, 0.6) is 0 Å². The Morgan fingerprint density at radius 1 is 0.457 bits per heavy atom. The molecule has 1 aliphatic rings. The van der Waals surface area contributed by atoms with Crippen molar-refractivity contribution in [3.05, 3.63) is 125 Å². The highest BCUT2D eigenvalue weighted by Gasteiger charge is 2.45. The normalized spacial score (nSPS) is 11.3. The molecule has 4 aromatic carbocycles. The van der Waals surface area contributed by atoms with Crippen LogP contribution in [0.4, 0.5) is 5.69 Å². The van der Waals surface area contributed by atoms with Gasteiger partial charge in [0.2, 0.25) is 0 Å². The average molecular weight is 468 g/mol. The fraction of sp³-hybridized carbons (Fsp3) is 0.294. The topological polar surface area (TPSA) is 26.0 Å². The molecule has 0 aromatic heterocycles. The van der Waals surface area contributed by atoms with Gasteiger partial charge in [-0.05, 0) is 52.4 Å². The number of rotatable bonds is 2. The fourth-order valence-electron chi connectivity index (χ4n) is 4.56. The van der Waals surface area contributed by atoms with Gasteiger partial charge in [-0.2, -0.15) is 0 Å². The minimum atomic E-state index is -0.325. The molecule has 0 bridgehead atoms. The molecule has 0 spiro atoms. The van der Waals surface area contributed by atoms with Crippen molar-refractivity contribution in [1.29, 1.82) is 0 Å². The average Bonchev–Trinajstić information content (AvgIpc) is 3.25. The minimum Gasteiger partial charge on any atom is -0.399 e. The van der Waals surface area contributed by atoms with E-state index in [2.05, 4.69) is 91.9 Å². The van der Waals surface area contributed by atoms with Gasteiger partial charge in [0, 0.05) is 5.69 Å². The second-order valence-corrected chi connectivity index (χ2v) is 7.33. The second-order valence-electron chi connectivity index (χ2n) is 7.33. The highest BCUT2D eigenvalue weighted by Crippen LogP contribution is 2.55. The quantitative estimate of drug-likeness (QED) is 0.257. The molecule has 0 saturated heterocycles. The number of anilines is 1. The molecule has 35 heavy (non-hydrogen) atoms. The molecule has 0 heterocycles. The summed E-state index contributed by atoms with van der Waals surface area (Å²) in [5, 5.41) is 0. The second kappa shape index (κ2) is 14.8. The maximum absolute atomic E-state index is 6.02. The van der Waals surface area contributed by atoms with Gasteiger partial charge in [0.05, 0.1) is 5.41 Å². The summed E-state index contributed by atoms with van der Waals surface area (Å²) in [6.45, 7) is 18.1. The fourth-order valence-corrected chi connectivity index (χ4v) is 4.56. The zero-order chi connectivity index (χ0) is 26.4. The maximum atomic E-state index is 6.02. The Balaban J connectivity index is 0.000000699. The van der Waals surface area contributed by atoms with E-state index in [1.54, 1.807) is 0 Å². The Hall–Kier alpha value is -3.32. The van der Waals surface area contributed by atoms with Gasteiger partial charge in [-0.3, -0.25) is 0 Å². The molecule has 5 rings (SSSR count). The van der Waals surface area contributed by atoms with Crippen molar-refractivity contribution in [2.75, 3.05) is 5.73 Å². The maximum Gasteiger partial charge on any atom is 0.0713 e. The lowest BCUT2D eigenvalue weighted by molar-refractivity contribution is 0.768. The molecule has 2 N–H and O–H groups in total. The van der Waals surface area contributed by atoms with Crippen LogP contribution in [0.25, 0.3) is 11.1 Å². The largest absolute Gasteiger partial charge is 0.399 e. The van der Waals surface area contributed by atoms with Gasteiger partial charge in [0.25, 0.3) is 0 Å². The van der Waals surface area contributed by atoms with Crippen molar-refractivity contribution in [1.82, 2.24) is 0 Å². The first-order chi connectivity index (χ1) is 17.2. The molecule has 0 saturated carbocycles. The SMILES string of the molecule is CC.CC.CC.CC.Cc1ccc(C2(c3ccc(N)cc3)c3ccccc3-c3ccccc32)cc1. The van der Waals surface area contributed by atoms with Gasteiger partial charge in [-0.15, -0.1) is 0 Å². The summed E-state index contributed by atoms with van der Waals surface area (Å²) in [4.78, 5) is 0. The molecule has 0 radical (unpaired) electrons. The minimum absolute atomic E-state index is 0.325. The molecular formula is C34H45N. The number of nitrogen functional groups attached to an aromatic ring is 1. The first-order valence-electron chi connectivity index (χ1n) is 13.3. The number of hydrogen-bond donors (Lipinski definition) is 1. The summed E-state index contributed by atoms with van der Waals surface area (Å²) in [5.74, 6) is 0. The number of fused-ring (bicyclic) bond motifs is 3. The standard InChI is InChI=1S/C26H21N.4C2H6/c1-18-10-12-19(13-11-18)26(20-14-16-21(27)17-15-20)24-8-4-2-6-22(24)23-7-3-5-9-25(23)26;4*1-2/h2-17H,27H2,1H3;4*1-2H3. The predicted molar refractivity (Wildman–Crippen MR) is 158 cm³/mol. The van der Waals surface area contributed by atoms with E-state index in [0.717, 1.165) is 5.69 Å². The molecule has 186 valence electrons. The summed E-state index contributed by atoms with van der Waals surface area (Å²) in [6, 6.07) is 34.9. The van der Waals surface area contributed by atoms with Crippen LogP contribution in [0.2, 0.25) is 0 Å². The lowest BCUT2D eigenvalue weighted by Crippen LogP contribution is -2.28. The summed E-state index contributed by atoms with van der Waals surface area (Å²) in [5.41, 5.74) is 15.6. The van der Waals surface area contributed by atoms with Crippen molar-refractivity contribution in [2.24, 2.45) is 0 Å². The summed E-state index contributed by atoms with van der Waals surface area (Å²) in [6.07, 6.45) is 0. The summed E-state index contributed by atoms with van der Waals surface area (Å²) >= 11 is 0. The van der Waals surface area contributed by atoms with Crippen molar-refractivity contribution >= 4 is 5.69 Å². The lowest BCUT2D eigenvalue weighted by Gasteiger charge is -2.34. The highest BCUT2D eigenvalue weighted by molar-refractivity contribution is 5.86. The van der Waals surface area contributed by atoms with Crippen molar-refractivity contribution in [2.45, 2.75) is 67.7 Å². The zero-order valence-corrected chi connectivity index (χ0v) is 23.3. The molecule has 1 heteroatoms. The van der Waals surface area contributed by atoms with Crippen LogP contribution >= 0.6 is 0 Å². The summed E-state index contributed by atoms with van der Waals surface area (Å²) in [7, 11) is 0. The van der Waals surface area contributed by atoms with E-state index in [4.69, 9.17) is 5.73 Å². The van der Waals surface area contributed by atoms with E-state index in [0.29, 0.717) is 0 Å². The first-order valence-corrected chi connectivity index (χ1v) is 13.3. The van der Waals surface area contributed by atoms with E-state index >= 15 is 0 Å². The van der Waals surface area contributed by atoms with E-state index in [1.807, 2.05) is 67.5 Å². The molecular weight excluding hydrogens is 422 g/mol. The predicted octanol–water partition coefficient (Wildman–Crippen LogP) is 10.0. The molecule has 0 unspecified atom stereocenters. The van der Waals surface area contributed by atoms with E-state index in [-0.39, 0.29) is 5.41 Å². The third kappa shape index (κ3) is 5.68. The summed E-state index contributed by atoms with van der Waals surface area (Å²) < 4.78 is 0. The third-order valence-corrected chi connectivity index (χ3v) is 5.78. The van der Waals surface area contributed by atoms with E-state index < -0.39 is 0 Å².